The van der Waals surface area contributed by atoms with Crippen LogP contribution in [0.5, 0.6) is 0 Å². The maximum Gasteiger partial charge on any atom is 2.00 e. The maximum atomic E-state index is 8.70. The Morgan fingerprint density at radius 3 is 2.00 bits per heavy atom. The van der Waals surface area contributed by atoms with Crippen molar-refractivity contribution in [1.29, 1.82) is 0 Å². The Bertz CT molecular complexity index is 53.8. The molecule has 0 spiro atoms. The van der Waals surface area contributed by atoms with Crippen LogP contribution in [0, 0.1) is 10.1 Å². The summed E-state index contributed by atoms with van der Waals surface area (Å²) in [5.74, 6) is 0. The van der Waals surface area contributed by atoms with E-state index in [-0.39, 0.29) is 43.3 Å². The Hall–Kier alpha value is 0.459. The van der Waals surface area contributed by atoms with Gasteiger partial charge in [-0.3, -0.25) is 0 Å². The first kappa shape index (κ1) is 15.7. The van der Waals surface area contributed by atoms with Crippen LogP contribution < -0.4 is 0 Å². The first-order valence-electron chi connectivity index (χ1n) is 0.730. The van der Waals surface area contributed by atoms with Gasteiger partial charge in [0.05, 0.1) is 0 Å². The van der Waals surface area contributed by atoms with Gasteiger partial charge in [0.2, 0.25) is 0 Å². The quantitative estimate of drug-likeness (QED) is 0.202. The molecule has 0 atom stereocenters. The van der Waals surface area contributed by atoms with Crippen molar-refractivity contribution in [2.75, 3.05) is 0 Å². The second kappa shape index (κ2) is 9.68. The van der Waals surface area contributed by atoms with Crippen LogP contribution in [0.3, 0.4) is 0 Å². The van der Waals surface area contributed by atoms with E-state index >= 15 is 0 Å². The van der Waals surface area contributed by atoms with Crippen molar-refractivity contribution in [3.8, 4) is 0 Å². The Balaban J connectivity index is -0.0000000133. The third-order valence-corrected chi connectivity index (χ3v) is 0.0667. The molecule has 0 radical (unpaired) electrons. The molecule has 0 amide bonds. The molecule has 0 aliphatic carbocycles. The van der Waals surface area contributed by atoms with Crippen LogP contribution in [0.1, 0.15) is 2.85 Å². The van der Waals surface area contributed by atoms with Crippen LogP contribution in [0.15, 0.2) is 0 Å². The van der Waals surface area contributed by atoms with E-state index in [0.717, 1.165) is 0 Å². The van der Waals surface area contributed by atoms with Gasteiger partial charge in [-0.05, 0) is 0 Å². The fraction of sp³-hybridized carbons (Fsp3) is 0. The number of rotatable bonds is 1. The molecule has 0 aromatic carbocycles. The number of hydrogen-bond acceptors (Lipinski definition) is 4. The van der Waals surface area contributed by atoms with Gasteiger partial charge in [0, 0.05) is 0 Å². The van der Waals surface area contributed by atoms with Gasteiger partial charge in [-0.1, -0.05) is 0 Å². The average Bonchev–Trinajstić information content (AvgIpc) is 1.38. The van der Waals surface area contributed by atoms with Crippen molar-refractivity contribution in [3.05, 3.63) is 10.1 Å². The largest absolute Gasteiger partial charge is 2.00 e. The molecule has 40 valence electrons. The van der Waals surface area contributed by atoms with Crippen LogP contribution in [-0.2, 0) is 4.99 Å². The van der Waals surface area contributed by atoms with Gasteiger partial charge in [0.1, 0.15) is 0 Å². The second-order valence-electron chi connectivity index (χ2n) is 0.305. The summed E-state index contributed by atoms with van der Waals surface area (Å²) in [5, 5.41) is 14.3. The predicted molar refractivity (Wildman–Crippen MR) is 28.6 cm³/mol. The fourth-order valence-corrected chi connectivity index (χ4v) is 0. The molecule has 7 heavy (non-hydrogen) atoms. The summed E-state index contributed by atoms with van der Waals surface area (Å²) >= 11 is 0. The molecular formula is H6AlMgNO4. The van der Waals surface area contributed by atoms with E-state index < -0.39 is 5.09 Å². The predicted octanol–water partition coefficient (Wildman–Crippen LogP) is -1.67. The van der Waals surface area contributed by atoms with Crippen LogP contribution in [0.4, 0.5) is 0 Å². The summed E-state index contributed by atoms with van der Waals surface area (Å²) in [4.78, 5) is 11.2. The normalized spacial score (nSPS) is 4.71. The molecule has 0 saturated carbocycles. The molecular weight excluding hydrogens is 129 g/mol. The molecule has 1 N–H and O–H groups in total. The molecule has 5 nitrogen and oxygen atoms in total. The summed E-state index contributed by atoms with van der Waals surface area (Å²) in [6.07, 6.45) is 0. The van der Waals surface area contributed by atoms with E-state index in [4.69, 9.17) is 15.4 Å². The topological polar surface area (TPSA) is 72.6 Å². The van der Waals surface area contributed by atoms with Crippen LogP contribution >= 0.6 is 0 Å². The van der Waals surface area contributed by atoms with Gasteiger partial charge in [-0.25, -0.2) is 5.26 Å². The van der Waals surface area contributed by atoms with E-state index in [9.17, 15) is 0 Å². The van der Waals surface area contributed by atoms with Gasteiger partial charge < -0.3 is 2.85 Å². The van der Waals surface area contributed by atoms with Gasteiger partial charge >= 0.3 is 28.1 Å². The van der Waals surface area contributed by atoms with E-state index in [1.54, 1.807) is 0 Å². The minimum absolute atomic E-state index is 0. The number of nitrogens with zero attached hydrogens (tertiary/aromatic N) is 1. The summed E-state index contributed by atoms with van der Waals surface area (Å²) in [5.41, 5.74) is 0. The van der Waals surface area contributed by atoms with Gasteiger partial charge in [0.15, 0.2) is 17.4 Å². The zero-order chi connectivity index (χ0) is 4.28. The zero-order valence-electron chi connectivity index (χ0n) is 4.83. The molecule has 0 heterocycles. The molecule has 0 aromatic heterocycles. The molecule has 0 rings (SSSR count). The van der Waals surface area contributed by atoms with Crippen molar-refractivity contribution in [1.82, 2.24) is 0 Å². The molecule has 0 aromatic rings. The summed E-state index contributed by atoms with van der Waals surface area (Å²) in [7, 11) is 0. The number of hydrogen-bond donors (Lipinski definition) is 1. The summed E-state index contributed by atoms with van der Waals surface area (Å²) in [6, 6.07) is 0. The standard InChI is InChI=1S/Al.Mg.HNO4.5H/c;;2-1(3)5-4;;;;;/h;;4H;;;;;/q;+2;;;;;2*-1. The molecule has 0 unspecified atom stereocenters. The molecule has 7 heteroatoms. The van der Waals surface area contributed by atoms with Crippen molar-refractivity contribution in [3.63, 3.8) is 0 Å². The van der Waals surface area contributed by atoms with Crippen LogP contribution in [0.25, 0.3) is 0 Å². The first-order valence-corrected chi connectivity index (χ1v) is 0.730. The average molecular weight is 135 g/mol. The van der Waals surface area contributed by atoms with Gasteiger partial charge in [-0.15, -0.1) is 15.1 Å². The molecule has 0 bridgehead atoms. The summed E-state index contributed by atoms with van der Waals surface area (Å²) < 4.78 is 0. The third-order valence-electron chi connectivity index (χ3n) is 0.0667. The van der Waals surface area contributed by atoms with Crippen LogP contribution in [0.2, 0.25) is 0 Å². The van der Waals surface area contributed by atoms with Crippen molar-refractivity contribution < 1.29 is 18.2 Å². The van der Waals surface area contributed by atoms with Crippen LogP contribution in [-0.4, -0.2) is 50.8 Å². The Morgan fingerprint density at radius 1 is 1.86 bits per heavy atom. The van der Waals surface area contributed by atoms with E-state index in [1.165, 1.54) is 0 Å². The SMILES string of the molecule is O=[N+]([O-])OO.[AlH3].[H-].[H-].[Mg+2]. The third kappa shape index (κ3) is 21.2. The molecule has 0 aliphatic rings. The Morgan fingerprint density at radius 2 is 2.00 bits per heavy atom. The molecule has 0 saturated heterocycles. The fourth-order valence-electron chi connectivity index (χ4n) is 0. The van der Waals surface area contributed by atoms with Crippen molar-refractivity contribution in [2.24, 2.45) is 0 Å². The maximum absolute atomic E-state index is 8.70. The minimum atomic E-state index is -1.32. The monoisotopic (exact) mass is 135 g/mol. The van der Waals surface area contributed by atoms with E-state index in [2.05, 4.69) is 4.99 Å². The van der Waals surface area contributed by atoms with Crippen molar-refractivity contribution >= 4 is 40.4 Å². The zero-order valence-corrected chi connectivity index (χ0v) is 4.24. The van der Waals surface area contributed by atoms with E-state index in [0.29, 0.717) is 0 Å². The second-order valence-corrected chi connectivity index (χ2v) is 0.305. The Labute approximate surface area is 68.9 Å². The van der Waals surface area contributed by atoms with Gasteiger partial charge in [-0.2, -0.15) is 0 Å². The van der Waals surface area contributed by atoms with Gasteiger partial charge in [0.25, 0.3) is 0 Å². The Kier molecular flexibility index (Phi) is 21.6. The van der Waals surface area contributed by atoms with Crippen molar-refractivity contribution in [2.45, 2.75) is 0 Å². The van der Waals surface area contributed by atoms with E-state index in [1.807, 2.05) is 0 Å². The molecule has 0 aliphatic heterocycles. The minimum Gasteiger partial charge on any atom is -1.00 e. The smallest absolute Gasteiger partial charge is 1.00 e. The summed E-state index contributed by atoms with van der Waals surface area (Å²) in [6.45, 7) is 0. The molecule has 0 fully saturated rings. The first-order chi connectivity index (χ1) is 2.27.